The molecule has 0 radical (unpaired) electrons. The van der Waals surface area contributed by atoms with Crippen LogP contribution < -0.4 is 4.74 Å². The Morgan fingerprint density at radius 1 is 1.27 bits per heavy atom. The van der Waals surface area contributed by atoms with Gasteiger partial charge in [0, 0.05) is 12.6 Å². The molecule has 2 heterocycles. The zero-order valence-electron chi connectivity index (χ0n) is 14.2. The molecule has 3 rings (SSSR count). The van der Waals surface area contributed by atoms with Crippen molar-refractivity contribution in [2.24, 2.45) is 4.99 Å². The number of carbonyl (C=O) groups excluding carboxylic acids is 1. The van der Waals surface area contributed by atoms with E-state index in [9.17, 15) is 4.79 Å². The molecule has 0 atom stereocenters. The van der Waals surface area contributed by atoms with Gasteiger partial charge in [-0.25, -0.2) is 4.99 Å². The fourth-order valence-electron chi connectivity index (χ4n) is 2.33. The van der Waals surface area contributed by atoms with E-state index in [1.165, 1.54) is 11.8 Å². The van der Waals surface area contributed by atoms with Crippen LogP contribution >= 0.6 is 43.6 Å². The summed E-state index contributed by atoms with van der Waals surface area (Å²) in [7, 11) is 0. The summed E-state index contributed by atoms with van der Waals surface area (Å²) in [5.41, 5.74) is 0.770. The molecule has 8 heteroatoms. The van der Waals surface area contributed by atoms with Gasteiger partial charge in [-0.3, -0.25) is 9.69 Å². The number of amides is 1. The molecular weight excluding hydrogens is 484 g/mol. The quantitative estimate of drug-likeness (QED) is 0.486. The number of ether oxygens (including phenoxy) is 1. The monoisotopic (exact) mass is 498 g/mol. The van der Waals surface area contributed by atoms with E-state index >= 15 is 0 Å². The highest BCUT2D eigenvalue weighted by Gasteiger charge is 2.32. The van der Waals surface area contributed by atoms with Gasteiger partial charge in [-0.05, 0) is 87.8 Å². The molecule has 1 fully saturated rings. The highest BCUT2D eigenvalue weighted by atomic mass is 79.9. The Bertz CT molecular complexity index is 856. The van der Waals surface area contributed by atoms with E-state index in [-0.39, 0.29) is 5.91 Å². The summed E-state index contributed by atoms with van der Waals surface area (Å²) >= 11 is 8.01. The minimum absolute atomic E-state index is 0.0779. The maximum atomic E-state index is 12.6. The number of rotatable bonds is 5. The van der Waals surface area contributed by atoms with Crippen molar-refractivity contribution in [1.82, 2.24) is 4.90 Å². The van der Waals surface area contributed by atoms with Gasteiger partial charge in [0.1, 0.15) is 11.5 Å². The van der Waals surface area contributed by atoms with Crippen LogP contribution in [0.2, 0.25) is 0 Å². The number of furan rings is 1. The number of carbonyl (C=O) groups is 1. The molecule has 1 aliphatic rings. The predicted molar refractivity (Wildman–Crippen MR) is 112 cm³/mol. The van der Waals surface area contributed by atoms with Crippen molar-refractivity contribution in [3.63, 3.8) is 0 Å². The lowest BCUT2D eigenvalue weighted by Gasteiger charge is -2.12. The summed E-state index contributed by atoms with van der Waals surface area (Å²) in [6.45, 7) is 5.03. The molecule has 1 aromatic carbocycles. The Morgan fingerprint density at radius 3 is 2.58 bits per heavy atom. The van der Waals surface area contributed by atoms with Crippen molar-refractivity contribution in [2.75, 3.05) is 13.2 Å². The number of thioether (sulfide) groups is 1. The maximum Gasteiger partial charge on any atom is 0.266 e. The molecule has 1 amide bonds. The molecule has 0 N–H and O–H groups in total. The number of likely N-dealkylation sites (N-methyl/N-ethyl adjacent to an activating group) is 1. The fourth-order valence-corrected chi connectivity index (χ4v) is 3.98. The molecule has 0 saturated carbocycles. The Balaban J connectivity index is 1.86. The van der Waals surface area contributed by atoms with Gasteiger partial charge in [0.15, 0.2) is 9.84 Å². The summed E-state index contributed by atoms with van der Waals surface area (Å²) in [5, 5.41) is 0.651. The minimum Gasteiger partial charge on any atom is -0.494 e. The van der Waals surface area contributed by atoms with Gasteiger partial charge in [-0.15, -0.1) is 0 Å². The molecule has 2 aromatic rings. The Kier molecular flexibility index (Phi) is 6.26. The van der Waals surface area contributed by atoms with Gasteiger partial charge in [0.2, 0.25) is 0 Å². The van der Waals surface area contributed by atoms with Crippen LogP contribution in [-0.2, 0) is 4.79 Å². The van der Waals surface area contributed by atoms with Crippen molar-refractivity contribution in [2.45, 2.75) is 13.8 Å². The van der Waals surface area contributed by atoms with Gasteiger partial charge in [0.25, 0.3) is 5.91 Å². The van der Waals surface area contributed by atoms with E-state index in [0.29, 0.717) is 33.7 Å². The second kappa shape index (κ2) is 8.45. The summed E-state index contributed by atoms with van der Waals surface area (Å²) in [6, 6.07) is 9.30. The third-order valence-corrected chi connectivity index (χ3v) is 6.23. The molecule has 1 saturated heterocycles. The first-order valence-electron chi connectivity index (χ1n) is 7.99. The molecule has 0 spiro atoms. The molecule has 26 heavy (non-hydrogen) atoms. The van der Waals surface area contributed by atoms with Crippen LogP contribution in [0, 0.1) is 0 Å². The van der Waals surface area contributed by atoms with Crippen LogP contribution in [-0.4, -0.2) is 29.1 Å². The van der Waals surface area contributed by atoms with E-state index in [1.807, 2.05) is 44.2 Å². The smallest absolute Gasteiger partial charge is 0.266 e. The molecule has 1 aliphatic heterocycles. The van der Waals surface area contributed by atoms with Crippen LogP contribution in [0.5, 0.6) is 5.75 Å². The molecule has 0 unspecified atom stereocenters. The number of amidine groups is 1. The molecule has 0 bridgehead atoms. The lowest BCUT2D eigenvalue weighted by Crippen LogP contribution is -2.28. The Hall–Kier alpha value is -1.51. The van der Waals surface area contributed by atoms with Crippen molar-refractivity contribution in [1.29, 1.82) is 0 Å². The zero-order valence-corrected chi connectivity index (χ0v) is 18.2. The summed E-state index contributed by atoms with van der Waals surface area (Å²) in [5.74, 6) is 1.32. The van der Waals surface area contributed by atoms with E-state index in [1.54, 1.807) is 11.0 Å². The first-order valence-corrected chi connectivity index (χ1v) is 10.4. The highest BCUT2D eigenvalue weighted by molar-refractivity contribution is 9.13. The second-order valence-electron chi connectivity index (χ2n) is 5.25. The van der Waals surface area contributed by atoms with Crippen LogP contribution in [0.1, 0.15) is 19.6 Å². The normalized spacial score (nSPS) is 17.5. The van der Waals surface area contributed by atoms with Gasteiger partial charge in [-0.1, -0.05) is 0 Å². The van der Waals surface area contributed by atoms with Crippen molar-refractivity contribution in [3.05, 3.63) is 50.1 Å². The van der Waals surface area contributed by atoms with Gasteiger partial charge < -0.3 is 9.15 Å². The third kappa shape index (κ3) is 4.24. The van der Waals surface area contributed by atoms with Crippen molar-refractivity contribution >= 4 is 66.5 Å². The van der Waals surface area contributed by atoms with E-state index in [4.69, 9.17) is 9.15 Å². The summed E-state index contributed by atoms with van der Waals surface area (Å²) < 4.78 is 12.4. The second-order valence-corrected chi connectivity index (χ2v) is 7.84. The molecule has 1 aromatic heterocycles. The largest absolute Gasteiger partial charge is 0.494 e. The number of hydrogen-bond donors (Lipinski definition) is 0. The topological polar surface area (TPSA) is 55.0 Å². The predicted octanol–water partition coefficient (Wildman–Crippen LogP) is 5.83. The van der Waals surface area contributed by atoms with Gasteiger partial charge >= 0.3 is 0 Å². The number of nitrogens with zero attached hydrogens (tertiary/aromatic N) is 2. The van der Waals surface area contributed by atoms with Gasteiger partial charge in [0.05, 0.1) is 21.7 Å². The highest BCUT2D eigenvalue weighted by Crippen LogP contribution is 2.36. The third-order valence-electron chi connectivity index (χ3n) is 3.51. The standard InChI is InChI=1S/C18H16Br2N2O3S/c1-3-22-17(23)15(10-13-9-14(19)16(20)25-13)26-18(22)21-11-5-7-12(8-6-11)24-4-2/h5-10H,3-4H2,1-2H3/b15-10-,21-18?. The van der Waals surface area contributed by atoms with Crippen LogP contribution in [0.3, 0.4) is 0 Å². The Labute approximate surface area is 172 Å². The molecule has 136 valence electrons. The van der Waals surface area contributed by atoms with Crippen molar-refractivity contribution < 1.29 is 13.9 Å². The van der Waals surface area contributed by atoms with Crippen LogP contribution in [0.4, 0.5) is 5.69 Å². The van der Waals surface area contributed by atoms with Crippen molar-refractivity contribution in [3.8, 4) is 5.75 Å². The SMILES string of the molecule is CCOc1ccc(N=C2S/C(=C\c3cc(Br)c(Br)o3)C(=O)N2CC)cc1. The average Bonchev–Trinajstić information content (AvgIpc) is 3.09. The lowest BCUT2D eigenvalue weighted by atomic mass is 10.3. The van der Waals surface area contributed by atoms with E-state index < -0.39 is 0 Å². The average molecular weight is 500 g/mol. The minimum atomic E-state index is -0.0779. The van der Waals surface area contributed by atoms with Gasteiger partial charge in [-0.2, -0.15) is 0 Å². The number of hydrogen-bond acceptors (Lipinski definition) is 5. The fraction of sp³-hybridized carbons (Fsp3) is 0.222. The number of aliphatic imine (C=N–C) groups is 1. The summed E-state index contributed by atoms with van der Waals surface area (Å²) in [4.78, 5) is 19.5. The number of halogens is 2. The molecule has 5 nitrogen and oxygen atoms in total. The molecular formula is C18H16Br2N2O3S. The molecule has 0 aliphatic carbocycles. The summed E-state index contributed by atoms with van der Waals surface area (Å²) in [6.07, 6.45) is 1.73. The van der Waals surface area contributed by atoms with E-state index in [0.717, 1.165) is 15.9 Å². The first kappa shape index (κ1) is 19.3. The van der Waals surface area contributed by atoms with Crippen LogP contribution in [0.15, 0.2) is 53.8 Å². The van der Waals surface area contributed by atoms with E-state index in [2.05, 4.69) is 36.9 Å². The Morgan fingerprint density at radius 2 is 2.00 bits per heavy atom. The lowest BCUT2D eigenvalue weighted by molar-refractivity contribution is -0.122. The first-order chi connectivity index (χ1) is 12.5. The zero-order chi connectivity index (χ0) is 18.7. The number of benzene rings is 1. The van der Waals surface area contributed by atoms with Crippen LogP contribution in [0.25, 0.3) is 6.08 Å². The maximum absolute atomic E-state index is 12.6.